The number of benzene rings is 2. The van der Waals surface area contributed by atoms with Crippen LogP contribution in [0.3, 0.4) is 0 Å². The zero-order valence-electron chi connectivity index (χ0n) is 23.6. The molecule has 2 N–H and O–H groups in total. The second kappa shape index (κ2) is 10.7. The molecule has 206 valence electrons. The normalized spacial score (nSPS) is 19.1. The minimum atomic E-state index is -0.281. The fourth-order valence-corrected chi connectivity index (χ4v) is 5.59. The molecule has 0 unspecified atom stereocenters. The Kier molecular flexibility index (Phi) is 7.36. The molecular weight excluding hydrogens is 492 g/mol. The van der Waals surface area contributed by atoms with Crippen molar-refractivity contribution in [3.63, 3.8) is 0 Å². The number of carbonyl (C=O) groups is 2. The van der Waals surface area contributed by atoms with Crippen LogP contribution in [0.2, 0.25) is 0 Å². The summed E-state index contributed by atoms with van der Waals surface area (Å²) in [6.45, 7) is 5.88. The van der Waals surface area contributed by atoms with E-state index in [1.165, 1.54) is 17.7 Å². The maximum Gasteiger partial charge on any atom is 0.271 e. The quantitative estimate of drug-likeness (QED) is 0.486. The van der Waals surface area contributed by atoms with Crippen LogP contribution in [0.1, 0.15) is 57.8 Å². The van der Waals surface area contributed by atoms with Crippen molar-refractivity contribution in [2.45, 2.75) is 44.8 Å². The number of methoxy groups -OCH3 is 1. The van der Waals surface area contributed by atoms with Crippen molar-refractivity contribution in [3.05, 3.63) is 64.8 Å². The van der Waals surface area contributed by atoms with Gasteiger partial charge < -0.3 is 25.2 Å². The molecule has 2 aliphatic heterocycles. The van der Waals surface area contributed by atoms with E-state index in [0.29, 0.717) is 34.8 Å². The largest absolute Gasteiger partial charge is 0.497 e. The molecule has 3 heterocycles. The van der Waals surface area contributed by atoms with Gasteiger partial charge in [-0.3, -0.25) is 14.3 Å². The number of carbonyl (C=O) groups excluding carboxylic acids is 2. The first kappa shape index (κ1) is 26.7. The topological polar surface area (TPSA) is 91.7 Å². The van der Waals surface area contributed by atoms with Gasteiger partial charge in [-0.05, 0) is 74.2 Å². The molecular formula is C30H38N6O3. The van der Waals surface area contributed by atoms with Gasteiger partial charge >= 0.3 is 0 Å². The number of rotatable bonds is 7. The number of aromatic nitrogens is 2. The lowest BCUT2D eigenvalue weighted by Crippen LogP contribution is -2.51. The lowest BCUT2D eigenvalue weighted by molar-refractivity contribution is 0.0816. The number of anilines is 1. The summed E-state index contributed by atoms with van der Waals surface area (Å²) >= 11 is 0. The molecule has 1 aromatic heterocycles. The zero-order valence-corrected chi connectivity index (χ0v) is 23.6. The highest BCUT2D eigenvalue weighted by Gasteiger charge is 2.32. The lowest BCUT2D eigenvalue weighted by atomic mass is 10.0. The molecule has 9 heteroatoms. The van der Waals surface area contributed by atoms with Gasteiger partial charge in [0.1, 0.15) is 11.4 Å². The van der Waals surface area contributed by atoms with Gasteiger partial charge in [-0.15, -0.1) is 0 Å². The molecule has 9 nitrogen and oxygen atoms in total. The van der Waals surface area contributed by atoms with Crippen molar-refractivity contribution < 1.29 is 14.3 Å². The zero-order chi connectivity index (χ0) is 27.8. The number of aryl methyl sites for hydroxylation is 2. The molecule has 2 aromatic carbocycles. The van der Waals surface area contributed by atoms with E-state index >= 15 is 0 Å². The van der Waals surface area contributed by atoms with Crippen LogP contribution in [0.4, 0.5) is 5.69 Å². The van der Waals surface area contributed by atoms with Gasteiger partial charge in [0.05, 0.1) is 18.8 Å². The van der Waals surface area contributed by atoms with E-state index in [1.807, 2.05) is 44.2 Å². The number of hydrogen-bond acceptors (Lipinski definition) is 6. The second-order valence-electron chi connectivity index (χ2n) is 11.0. The number of amides is 2. The van der Waals surface area contributed by atoms with Gasteiger partial charge in [-0.25, -0.2) is 0 Å². The van der Waals surface area contributed by atoms with Gasteiger partial charge in [-0.1, -0.05) is 6.07 Å². The van der Waals surface area contributed by atoms with Gasteiger partial charge in [0, 0.05) is 63.1 Å². The van der Waals surface area contributed by atoms with E-state index in [-0.39, 0.29) is 17.9 Å². The summed E-state index contributed by atoms with van der Waals surface area (Å²) in [5.74, 6) is 0.424. The van der Waals surface area contributed by atoms with Crippen molar-refractivity contribution in [1.82, 2.24) is 25.3 Å². The Morgan fingerprint density at radius 1 is 1.10 bits per heavy atom. The average molecular weight is 531 g/mol. The van der Waals surface area contributed by atoms with Gasteiger partial charge in [-0.2, -0.15) is 5.10 Å². The van der Waals surface area contributed by atoms with Crippen LogP contribution in [0.15, 0.2) is 42.5 Å². The Labute approximate surface area is 230 Å². The lowest BCUT2D eigenvalue weighted by Gasteiger charge is -2.35. The number of ether oxygens (including phenoxy) is 1. The van der Waals surface area contributed by atoms with Crippen LogP contribution in [0.25, 0.3) is 11.3 Å². The maximum absolute atomic E-state index is 13.5. The van der Waals surface area contributed by atoms with Crippen molar-refractivity contribution in [2.75, 3.05) is 39.2 Å². The fourth-order valence-electron chi connectivity index (χ4n) is 5.59. The van der Waals surface area contributed by atoms with E-state index < -0.39 is 0 Å². The summed E-state index contributed by atoms with van der Waals surface area (Å²) in [7, 11) is 6.80. The summed E-state index contributed by atoms with van der Waals surface area (Å²) in [6.07, 6.45) is 2.43. The highest BCUT2D eigenvalue weighted by molar-refractivity contribution is 5.97. The van der Waals surface area contributed by atoms with Crippen LogP contribution in [0.5, 0.6) is 5.75 Å². The molecule has 0 spiro atoms. The van der Waals surface area contributed by atoms with Crippen molar-refractivity contribution in [3.8, 4) is 17.0 Å². The highest BCUT2D eigenvalue weighted by atomic mass is 16.5. The van der Waals surface area contributed by atoms with E-state index in [1.54, 1.807) is 39.0 Å². The minimum Gasteiger partial charge on any atom is -0.497 e. The van der Waals surface area contributed by atoms with Crippen LogP contribution < -0.4 is 20.3 Å². The average Bonchev–Trinajstić information content (AvgIpc) is 3.48. The number of hydrogen-bond donors (Lipinski definition) is 2. The first-order valence-corrected chi connectivity index (χ1v) is 13.5. The summed E-state index contributed by atoms with van der Waals surface area (Å²) in [5.41, 5.74) is 5.58. The van der Waals surface area contributed by atoms with E-state index in [9.17, 15) is 9.59 Å². The molecule has 2 aliphatic rings. The molecule has 2 bridgehead atoms. The molecule has 0 radical (unpaired) electrons. The summed E-state index contributed by atoms with van der Waals surface area (Å²) in [4.78, 5) is 30.0. The number of nitrogens with one attached hydrogen (secondary N) is 2. The molecule has 0 saturated carbocycles. The molecule has 2 amide bonds. The molecule has 2 fully saturated rings. The van der Waals surface area contributed by atoms with Crippen molar-refractivity contribution in [1.29, 1.82) is 0 Å². The smallest absolute Gasteiger partial charge is 0.271 e. The standard InChI is InChI=1S/C30H38N6O3/c1-18-7-10-24(36-16-22-8-9-23(17-36)32-22)14-26(18)29(37)31-19(2)20-11-21(13-25(12-20)39-6)27-15-28(35(5)33-27)30(38)34(3)4/h7,10-15,19,22-23,32H,8-9,16-17H2,1-6H3,(H,31,37)/t19-,22-,23+/m1/s1. The third-order valence-corrected chi connectivity index (χ3v) is 7.86. The van der Waals surface area contributed by atoms with Crippen molar-refractivity contribution in [2.24, 2.45) is 7.05 Å². The molecule has 5 rings (SSSR count). The number of piperazine rings is 1. The Morgan fingerprint density at radius 3 is 2.49 bits per heavy atom. The molecule has 39 heavy (non-hydrogen) atoms. The predicted octanol–water partition coefficient (Wildman–Crippen LogP) is 3.54. The number of nitrogens with zero attached hydrogens (tertiary/aromatic N) is 4. The molecule has 3 aromatic rings. The molecule has 0 aliphatic carbocycles. The number of fused-ring (bicyclic) bond motifs is 2. The minimum absolute atomic E-state index is 0.110. The van der Waals surface area contributed by atoms with Crippen LogP contribution in [0, 0.1) is 6.92 Å². The van der Waals surface area contributed by atoms with E-state index in [2.05, 4.69) is 26.7 Å². The van der Waals surface area contributed by atoms with Crippen molar-refractivity contribution >= 4 is 17.5 Å². The summed E-state index contributed by atoms with van der Waals surface area (Å²) in [6, 6.07) is 14.5. The highest BCUT2D eigenvalue weighted by Crippen LogP contribution is 2.30. The maximum atomic E-state index is 13.5. The third-order valence-electron chi connectivity index (χ3n) is 7.86. The fraction of sp³-hybridized carbons (Fsp3) is 0.433. The summed E-state index contributed by atoms with van der Waals surface area (Å²) < 4.78 is 7.16. The van der Waals surface area contributed by atoms with Gasteiger partial charge in [0.15, 0.2) is 0 Å². The van der Waals surface area contributed by atoms with Crippen LogP contribution in [-0.2, 0) is 7.05 Å². The summed E-state index contributed by atoms with van der Waals surface area (Å²) in [5, 5.41) is 11.4. The van der Waals surface area contributed by atoms with Gasteiger partial charge in [0.2, 0.25) is 0 Å². The predicted molar refractivity (Wildman–Crippen MR) is 152 cm³/mol. The Bertz CT molecular complexity index is 1390. The Balaban J connectivity index is 1.37. The molecule has 2 saturated heterocycles. The monoisotopic (exact) mass is 530 g/mol. The second-order valence-corrected chi connectivity index (χ2v) is 11.0. The van der Waals surface area contributed by atoms with Crippen LogP contribution in [-0.4, -0.2) is 72.9 Å². The van der Waals surface area contributed by atoms with Gasteiger partial charge in [0.25, 0.3) is 11.8 Å². The molecule has 3 atom stereocenters. The first-order chi connectivity index (χ1) is 18.6. The third kappa shape index (κ3) is 5.49. The van der Waals surface area contributed by atoms with E-state index in [0.717, 1.165) is 35.5 Å². The van der Waals surface area contributed by atoms with E-state index in [4.69, 9.17) is 4.74 Å². The Morgan fingerprint density at radius 2 is 1.82 bits per heavy atom. The van der Waals surface area contributed by atoms with Crippen LogP contribution >= 0.6 is 0 Å². The first-order valence-electron chi connectivity index (χ1n) is 13.5. The Hall–Kier alpha value is -3.85. The SMILES string of the molecule is COc1cc(-c2cc(C(=O)N(C)C)n(C)n2)cc([C@@H](C)NC(=O)c2cc(N3C[C@H]4CC[C@@H](C3)N4)ccc2C)c1.